The third-order valence-corrected chi connectivity index (χ3v) is 3.20. The number of anilines is 1. The van der Waals surface area contributed by atoms with Crippen molar-refractivity contribution in [3.8, 4) is 0 Å². The molecule has 0 spiro atoms. The maximum absolute atomic E-state index is 11.7. The van der Waals surface area contributed by atoms with Crippen LogP contribution in [0.25, 0.3) is 0 Å². The topological polar surface area (TPSA) is 90.1 Å². The van der Waals surface area contributed by atoms with Gasteiger partial charge in [0.05, 0.1) is 17.9 Å². The summed E-state index contributed by atoms with van der Waals surface area (Å²) in [4.78, 5) is 20.3. The zero-order chi connectivity index (χ0) is 16.0. The highest BCUT2D eigenvalue weighted by Crippen LogP contribution is 2.20. The zero-order valence-electron chi connectivity index (χ0n) is 13.6. The lowest BCUT2D eigenvalue weighted by Gasteiger charge is -2.31. The molecule has 0 bridgehead atoms. The minimum Gasteiger partial charge on any atom is -0.462 e. The van der Waals surface area contributed by atoms with Gasteiger partial charge in [-0.15, -0.1) is 0 Å². The molecule has 0 aliphatic heterocycles. The minimum absolute atomic E-state index is 0.272. The molecule has 0 amide bonds. The molecule has 0 saturated carbocycles. The van der Waals surface area contributed by atoms with E-state index in [2.05, 4.69) is 29.1 Å². The van der Waals surface area contributed by atoms with Crippen molar-refractivity contribution in [2.45, 2.75) is 46.6 Å². The Hall–Kier alpha value is -1.69. The van der Waals surface area contributed by atoms with Crippen molar-refractivity contribution in [3.63, 3.8) is 0 Å². The molecule has 0 radical (unpaired) electrons. The summed E-state index contributed by atoms with van der Waals surface area (Å²) in [6.07, 6.45) is 2.40. The summed E-state index contributed by atoms with van der Waals surface area (Å²) in [5.41, 5.74) is 6.58. The molecule has 0 aliphatic rings. The fourth-order valence-electron chi connectivity index (χ4n) is 2.29. The molecule has 0 saturated heterocycles. The predicted octanol–water partition coefficient (Wildman–Crippen LogP) is 2.14. The van der Waals surface area contributed by atoms with Crippen molar-refractivity contribution in [3.05, 3.63) is 17.5 Å². The van der Waals surface area contributed by atoms with Gasteiger partial charge in [0.15, 0.2) is 0 Å². The lowest BCUT2D eigenvalue weighted by Crippen LogP contribution is -2.44. The quantitative estimate of drug-likeness (QED) is 0.749. The Bertz CT molecular complexity index is 491. The Balaban J connectivity index is 2.90. The van der Waals surface area contributed by atoms with Crippen LogP contribution in [0.5, 0.6) is 0 Å². The van der Waals surface area contributed by atoms with Gasteiger partial charge in [-0.25, -0.2) is 14.8 Å². The third-order valence-electron chi connectivity index (χ3n) is 3.20. The molecule has 1 rings (SSSR count). The zero-order valence-corrected chi connectivity index (χ0v) is 13.6. The summed E-state index contributed by atoms with van der Waals surface area (Å²) in [6, 6.07) is 0. The van der Waals surface area contributed by atoms with Gasteiger partial charge in [0, 0.05) is 18.3 Å². The van der Waals surface area contributed by atoms with Gasteiger partial charge in [-0.1, -0.05) is 13.8 Å². The molecule has 0 aliphatic carbocycles. The number of nitrogens with zero attached hydrogens (tertiary/aromatic N) is 2. The smallest absolute Gasteiger partial charge is 0.341 e. The first-order chi connectivity index (χ1) is 9.81. The van der Waals surface area contributed by atoms with Crippen molar-refractivity contribution >= 4 is 11.9 Å². The van der Waals surface area contributed by atoms with E-state index in [1.54, 1.807) is 13.8 Å². The van der Waals surface area contributed by atoms with E-state index in [1.807, 2.05) is 6.92 Å². The first-order valence-corrected chi connectivity index (χ1v) is 7.30. The van der Waals surface area contributed by atoms with Gasteiger partial charge < -0.3 is 15.8 Å². The Morgan fingerprint density at radius 2 is 2.19 bits per heavy atom. The highest BCUT2D eigenvalue weighted by molar-refractivity contribution is 5.90. The van der Waals surface area contributed by atoms with E-state index in [0.29, 0.717) is 36.3 Å². The van der Waals surface area contributed by atoms with Crippen LogP contribution in [0.4, 0.5) is 5.95 Å². The van der Waals surface area contributed by atoms with Gasteiger partial charge in [-0.2, -0.15) is 0 Å². The molecule has 1 aromatic heterocycles. The number of aromatic nitrogens is 2. The van der Waals surface area contributed by atoms with Crippen LogP contribution in [-0.2, 0) is 4.74 Å². The second-order valence-electron chi connectivity index (χ2n) is 5.90. The number of carbonyl (C=O) groups excluding carboxylic acids is 1. The van der Waals surface area contributed by atoms with Crippen LogP contribution >= 0.6 is 0 Å². The highest BCUT2D eigenvalue weighted by Gasteiger charge is 2.25. The molecule has 1 aromatic rings. The predicted molar refractivity (Wildman–Crippen MR) is 83.3 cm³/mol. The van der Waals surface area contributed by atoms with E-state index in [1.165, 1.54) is 6.20 Å². The van der Waals surface area contributed by atoms with E-state index in [0.717, 1.165) is 6.42 Å². The molecule has 0 fully saturated rings. The van der Waals surface area contributed by atoms with Gasteiger partial charge in [0.2, 0.25) is 5.95 Å². The number of ether oxygens (including phenoxy) is 1. The van der Waals surface area contributed by atoms with E-state index in [9.17, 15) is 4.79 Å². The van der Waals surface area contributed by atoms with Crippen LogP contribution in [0.1, 0.15) is 50.2 Å². The molecule has 3 N–H and O–H groups in total. The van der Waals surface area contributed by atoms with Crippen molar-refractivity contribution in [1.82, 2.24) is 9.97 Å². The Morgan fingerprint density at radius 3 is 2.67 bits per heavy atom. The normalized spacial score (nSPS) is 13.9. The van der Waals surface area contributed by atoms with Crippen LogP contribution in [-0.4, -0.2) is 34.6 Å². The Labute approximate surface area is 126 Å². The molecular weight excluding hydrogens is 268 g/mol. The maximum Gasteiger partial charge on any atom is 0.341 e. The van der Waals surface area contributed by atoms with Crippen LogP contribution in [0.15, 0.2) is 6.20 Å². The SMILES string of the molecule is CCOC(=O)c1cnc(NC(C)(CN)CC(C)C)nc1C. The summed E-state index contributed by atoms with van der Waals surface area (Å²) in [6.45, 7) is 10.7. The summed E-state index contributed by atoms with van der Waals surface area (Å²) in [7, 11) is 0. The molecule has 6 heteroatoms. The van der Waals surface area contributed by atoms with Gasteiger partial charge in [0.25, 0.3) is 0 Å². The average molecular weight is 294 g/mol. The van der Waals surface area contributed by atoms with Gasteiger partial charge >= 0.3 is 5.97 Å². The largest absolute Gasteiger partial charge is 0.462 e. The Kier molecular flexibility index (Phi) is 6.08. The maximum atomic E-state index is 11.7. The highest BCUT2D eigenvalue weighted by atomic mass is 16.5. The molecule has 0 aromatic carbocycles. The summed E-state index contributed by atoms with van der Waals surface area (Å²) in [5, 5.41) is 3.28. The molecule has 1 heterocycles. The van der Waals surface area contributed by atoms with E-state index in [-0.39, 0.29) is 5.54 Å². The first kappa shape index (κ1) is 17.4. The monoisotopic (exact) mass is 294 g/mol. The van der Waals surface area contributed by atoms with Gasteiger partial charge in [0.1, 0.15) is 0 Å². The van der Waals surface area contributed by atoms with Crippen molar-refractivity contribution in [2.24, 2.45) is 11.7 Å². The van der Waals surface area contributed by atoms with Crippen LogP contribution in [0, 0.1) is 12.8 Å². The number of carbonyl (C=O) groups is 1. The number of esters is 1. The number of rotatable bonds is 7. The second-order valence-corrected chi connectivity index (χ2v) is 5.90. The van der Waals surface area contributed by atoms with Crippen LogP contribution < -0.4 is 11.1 Å². The molecule has 118 valence electrons. The first-order valence-electron chi connectivity index (χ1n) is 7.30. The summed E-state index contributed by atoms with van der Waals surface area (Å²) >= 11 is 0. The van der Waals surface area contributed by atoms with Crippen LogP contribution in [0.3, 0.4) is 0 Å². The fourth-order valence-corrected chi connectivity index (χ4v) is 2.29. The number of nitrogens with two attached hydrogens (primary N) is 1. The van der Waals surface area contributed by atoms with Crippen LogP contribution in [0.2, 0.25) is 0 Å². The molecule has 1 atom stereocenters. The standard InChI is InChI=1S/C15H26N4O2/c1-6-21-13(20)12-8-17-14(18-11(12)4)19-15(5,9-16)7-10(2)3/h8,10H,6-7,9,16H2,1-5H3,(H,17,18,19). The van der Waals surface area contributed by atoms with Gasteiger partial charge in [-0.3, -0.25) is 0 Å². The summed E-state index contributed by atoms with van der Waals surface area (Å²) in [5.74, 6) is 0.588. The molecule has 1 unspecified atom stereocenters. The molecular formula is C15H26N4O2. The fraction of sp³-hybridized carbons (Fsp3) is 0.667. The average Bonchev–Trinajstić information content (AvgIpc) is 2.38. The third kappa shape index (κ3) is 4.97. The van der Waals surface area contributed by atoms with E-state index >= 15 is 0 Å². The molecule has 21 heavy (non-hydrogen) atoms. The van der Waals surface area contributed by atoms with E-state index in [4.69, 9.17) is 10.5 Å². The minimum atomic E-state index is -0.398. The lowest BCUT2D eigenvalue weighted by molar-refractivity contribution is 0.0524. The van der Waals surface area contributed by atoms with E-state index < -0.39 is 5.97 Å². The van der Waals surface area contributed by atoms with Gasteiger partial charge in [-0.05, 0) is 33.1 Å². The number of hydrogen-bond donors (Lipinski definition) is 2. The molecule has 6 nitrogen and oxygen atoms in total. The Morgan fingerprint density at radius 1 is 1.52 bits per heavy atom. The van der Waals surface area contributed by atoms with Crippen molar-refractivity contribution in [1.29, 1.82) is 0 Å². The number of aryl methyl sites for hydroxylation is 1. The second kappa shape index (κ2) is 7.36. The summed E-state index contributed by atoms with van der Waals surface area (Å²) < 4.78 is 4.96. The number of nitrogens with one attached hydrogen (secondary N) is 1. The lowest BCUT2D eigenvalue weighted by atomic mass is 9.91. The van der Waals surface area contributed by atoms with Crippen molar-refractivity contribution < 1.29 is 9.53 Å². The number of hydrogen-bond acceptors (Lipinski definition) is 6. The van der Waals surface area contributed by atoms with Crippen molar-refractivity contribution in [2.75, 3.05) is 18.5 Å².